The lowest BCUT2D eigenvalue weighted by molar-refractivity contribution is -0.138. The molecule has 2 rings (SSSR count). The molecule has 0 aliphatic carbocycles. The van der Waals surface area contributed by atoms with Crippen molar-refractivity contribution in [2.75, 3.05) is 26.9 Å². The van der Waals surface area contributed by atoms with E-state index in [-0.39, 0.29) is 5.97 Å². The van der Waals surface area contributed by atoms with Crippen LogP contribution >= 0.6 is 0 Å². The number of hydrogen-bond donors (Lipinski definition) is 0. The quantitative estimate of drug-likeness (QED) is 0.392. The lowest BCUT2D eigenvalue weighted by Crippen LogP contribution is -2.03. The van der Waals surface area contributed by atoms with E-state index in [0.29, 0.717) is 37.7 Å². The van der Waals surface area contributed by atoms with Crippen LogP contribution in [-0.2, 0) is 25.5 Å². The summed E-state index contributed by atoms with van der Waals surface area (Å²) in [5.74, 6) is 0.530. The van der Waals surface area contributed by atoms with Crippen LogP contribution in [0.4, 0.5) is 0 Å². The molecule has 0 aliphatic rings. The highest BCUT2D eigenvalue weighted by molar-refractivity contribution is 5.88. The smallest absolute Gasteiger partial charge is 0.330 e. The van der Waals surface area contributed by atoms with Crippen LogP contribution in [0.5, 0.6) is 11.5 Å². The maximum Gasteiger partial charge on any atom is 0.330 e. The highest BCUT2D eigenvalue weighted by Gasteiger charge is 2.06. The van der Waals surface area contributed by atoms with Gasteiger partial charge in [-0.25, -0.2) is 9.59 Å². The number of methoxy groups -OCH3 is 1. The molecule has 164 valence electrons. The van der Waals surface area contributed by atoms with Crippen molar-refractivity contribution in [3.05, 3.63) is 71.3 Å². The second-order valence-corrected chi connectivity index (χ2v) is 6.41. The molecule has 0 heterocycles. The molecule has 0 aliphatic heterocycles. The maximum atomic E-state index is 11.6. The third-order valence-corrected chi connectivity index (χ3v) is 4.23. The van der Waals surface area contributed by atoms with Crippen molar-refractivity contribution in [1.29, 1.82) is 0 Å². The van der Waals surface area contributed by atoms with Gasteiger partial charge in [-0.1, -0.05) is 24.3 Å². The van der Waals surface area contributed by atoms with Crippen molar-refractivity contribution in [3.63, 3.8) is 0 Å². The van der Waals surface area contributed by atoms with Crippen molar-refractivity contribution in [2.45, 2.75) is 20.3 Å². The molecule has 0 radical (unpaired) electrons. The minimum atomic E-state index is -0.402. The monoisotopic (exact) mass is 424 g/mol. The predicted octanol–water partition coefficient (Wildman–Crippen LogP) is 4.47. The van der Waals surface area contributed by atoms with E-state index in [1.54, 1.807) is 45.2 Å². The minimum Gasteiger partial charge on any atom is -0.497 e. The molecule has 0 fully saturated rings. The summed E-state index contributed by atoms with van der Waals surface area (Å²) in [5, 5.41) is 0. The third kappa shape index (κ3) is 8.38. The molecular formula is C25H28O6. The van der Waals surface area contributed by atoms with Gasteiger partial charge in [-0.05, 0) is 49.3 Å². The molecule has 0 amide bonds. The zero-order valence-electron chi connectivity index (χ0n) is 18.1. The summed E-state index contributed by atoms with van der Waals surface area (Å²) in [7, 11) is 1.59. The molecule has 0 atom stereocenters. The molecule has 0 saturated heterocycles. The van der Waals surface area contributed by atoms with Crippen LogP contribution in [0.25, 0.3) is 12.2 Å². The van der Waals surface area contributed by atoms with Crippen LogP contribution in [0, 0.1) is 0 Å². The average Bonchev–Trinajstić information content (AvgIpc) is 2.78. The van der Waals surface area contributed by atoms with Gasteiger partial charge in [0, 0.05) is 30.2 Å². The van der Waals surface area contributed by atoms with E-state index in [0.717, 1.165) is 16.7 Å². The standard InChI is InChI=1S/C25H28O6/c1-4-29-24(26)14-10-19-6-8-20(9-7-19)16-17-31-23-18-22(28-3)13-11-21(23)12-15-25(27)30-5-2/h6-15,18H,4-5,16-17H2,1-3H3/b14-10+,15-12+. The van der Waals surface area contributed by atoms with E-state index in [4.69, 9.17) is 18.9 Å². The molecule has 2 aromatic rings. The largest absolute Gasteiger partial charge is 0.497 e. The number of benzene rings is 2. The van der Waals surface area contributed by atoms with E-state index in [1.807, 2.05) is 30.3 Å². The van der Waals surface area contributed by atoms with Crippen LogP contribution in [0.1, 0.15) is 30.5 Å². The van der Waals surface area contributed by atoms with E-state index in [1.165, 1.54) is 12.2 Å². The number of carbonyl (C=O) groups is 2. The normalized spacial score (nSPS) is 10.9. The van der Waals surface area contributed by atoms with Crippen LogP contribution < -0.4 is 9.47 Å². The van der Waals surface area contributed by atoms with E-state index < -0.39 is 5.97 Å². The van der Waals surface area contributed by atoms with Gasteiger partial charge in [0.2, 0.25) is 0 Å². The number of carbonyl (C=O) groups excluding carboxylic acids is 2. The molecule has 6 heteroatoms. The number of hydrogen-bond acceptors (Lipinski definition) is 6. The van der Waals surface area contributed by atoms with Gasteiger partial charge >= 0.3 is 11.9 Å². The van der Waals surface area contributed by atoms with Crippen LogP contribution in [0.2, 0.25) is 0 Å². The molecule has 0 N–H and O–H groups in total. The van der Waals surface area contributed by atoms with E-state index >= 15 is 0 Å². The van der Waals surface area contributed by atoms with Gasteiger partial charge in [0.05, 0.1) is 26.9 Å². The zero-order valence-corrected chi connectivity index (χ0v) is 18.1. The van der Waals surface area contributed by atoms with Gasteiger partial charge in [-0.2, -0.15) is 0 Å². The third-order valence-electron chi connectivity index (χ3n) is 4.23. The van der Waals surface area contributed by atoms with Gasteiger partial charge < -0.3 is 18.9 Å². The molecule has 6 nitrogen and oxygen atoms in total. The Labute approximate surface area is 183 Å². The maximum absolute atomic E-state index is 11.6. The Hall–Kier alpha value is -3.54. The summed E-state index contributed by atoms with van der Waals surface area (Å²) in [4.78, 5) is 23.0. The second-order valence-electron chi connectivity index (χ2n) is 6.41. The fourth-order valence-corrected chi connectivity index (χ4v) is 2.68. The fraction of sp³-hybridized carbons (Fsp3) is 0.280. The van der Waals surface area contributed by atoms with E-state index in [2.05, 4.69) is 0 Å². The minimum absolute atomic E-state index is 0.326. The highest BCUT2D eigenvalue weighted by atomic mass is 16.5. The van der Waals surface area contributed by atoms with Crippen molar-refractivity contribution in [1.82, 2.24) is 0 Å². The SMILES string of the molecule is CCOC(=O)/C=C/c1ccc(CCOc2cc(OC)ccc2/C=C/C(=O)OCC)cc1. The van der Waals surface area contributed by atoms with Gasteiger partial charge in [-0.3, -0.25) is 0 Å². The van der Waals surface area contributed by atoms with Crippen molar-refractivity contribution in [3.8, 4) is 11.5 Å². The van der Waals surface area contributed by atoms with E-state index in [9.17, 15) is 9.59 Å². The summed E-state index contributed by atoms with van der Waals surface area (Å²) < 4.78 is 21.0. The number of ether oxygens (including phenoxy) is 4. The Balaban J connectivity index is 1.97. The first kappa shape index (κ1) is 23.7. The Morgan fingerprint density at radius 1 is 0.871 bits per heavy atom. The summed E-state index contributed by atoms with van der Waals surface area (Å²) in [5.41, 5.74) is 2.77. The van der Waals surface area contributed by atoms with Crippen LogP contribution in [0.3, 0.4) is 0 Å². The zero-order chi connectivity index (χ0) is 22.5. The number of esters is 2. The first-order chi connectivity index (χ1) is 15.0. The first-order valence-corrected chi connectivity index (χ1v) is 10.1. The Morgan fingerprint density at radius 3 is 2.13 bits per heavy atom. The van der Waals surface area contributed by atoms with Gasteiger partial charge in [0.15, 0.2) is 0 Å². The molecule has 0 spiro atoms. The Bertz CT molecular complexity index is 912. The van der Waals surface area contributed by atoms with Gasteiger partial charge in [0.1, 0.15) is 11.5 Å². The molecular weight excluding hydrogens is 396 g/mol. The van der Waals surface area contributed by atoms with Gasteiger partial charge in [0.25, 0.3) is 0 Å². The summed E-state index contributed by atoms with van der Waals surface area (Å²) >= 11 is 0. The van der Waals surface area contributed by atoms with Crippen LogP contribution in [-0.4, -0.2) is 38.9 Å². The predicted molar refractivity (Wildman–Crippen MR) is 120 cm³/mol. The fourth-order valence-electron chi connectivity index (χ4n) is 2.68. The molecule has 31 heavy (non-hydrogen) atoms. The topological polar surface area (TPSA) is 71.1 Å². The second kappa shape index (κ2) is 12.9. The van der Waals surface area contributed by atoms with Crippen molar-refractivity contribution in [2.24, 2.45) is 0 Å². The van der Waals surface area contributed by atoms with Crippen molar-refractivity contribution < 1.29 is 28.5 Å². The molecule has 0 aromatic heterocycles. The average molecular weight is 424 g/mol. The highest BCUT2D eigenvalue weighted by Crippen LogP contribution is 2.26. The summed E-state index contributed by atoms with van der Waals surface area (Å²) in [6.45, 7) is 4.67. The Kier molecular flexibility index (Phi) is 9.88. The lowest BCUT2D eigenvalue weighted by Gasteiger charge is -2.11. The molecule has 2 aromatic carbocycles. The van der Waals surface area contributed by atoms with Crippen LogP contribution in [0.15, 0.2) is 54.6 Å². The number of rotatable bonds is 11. The Morgan fingerprint density at radius 2 is 1.52 bits per heavy atom. The molecule has 0 bridgehead atoms. The van der Waals surface area contributed by atoms with Crippen molar-refractivity contribution >= 4 is 24.1 Å². The lowest BCUT2D eigenvalue weighted by atomic mass is 10.1. The summed E-state index contributed by atoms with van der Waals surface area (Å²) in [6.07, 6.45) is 6.87. The molecule has 0 unspecified atom stereocenters. The van der Waals surface area contributed by atoms with Gasteiger partial charge in [-0.15, -0.1) is 0 Å². The first-order valence-electron chi connectivity index (χ1n) is 10.1. The summed E-state index contributed by atoms with van der Waals surface area (Å²) in [6, 6.07) is 13.3. The molecule has 0 saturated carbocycles.